The third-order valence-electron chi connectivity index (χ3n) is 4.30. The summed E-state index contributed by atoms with van der Waals surface area (Å²) < 4.78 is 7.35. The van der Waals surface area contributed by atoms with E-state index in [4.69, 9.17) is 4.42 Å². The van der Waals surface area contributed by atoms with Gasteiger partial charge in [-0.1, -0.05) is 30.0 Å². The quantitative estimate of drug-likeness (QED) is 0.352. The second-order valence-electron chi connectivity index (χ2n) is 6.42. The van der Waals surface area contributed by atoms with Crippen molar-refractivity contribution in [1.82, 2.24) is 14.8 Å². The lowest BCUT2D eigenvalue weighted by molar-refractivity contribution is -0.113. The molecule has 2 aromatic heterocycles. The third kappa shape index (κ3) is 4.33. The van der Waals surface area contributed by atoms with Crippen molar-refractivity contribution in [1.29, 1.82) is 0 Å². The van der Waals surface area contributed by atoms with Crippen LogP contribution in [0.4, 0.5) is 5.69 Å². The van der Waals surface area contributed by atoms with Gasteiger partial charge in [-0.15, -0.1) is 10.2 Å². The van der Waals surface area contributed by atoms with Crippen LogP contribution in [0.1, 0.15) is 17.3 Å². The first kappa shape index (κ1) is 19.7. The number of carbonyl (C=O) groups excluding carboxylic acids is 2. The monoisotopic (exact) mass is 418 g/mol. The molecule has 2 heterocycles. The van der Waals surface area contributed by atoms with Crippen molar-refractivity contribution in [2.75, 3.05) is 11.1 Å². The molecule has 0 radical (unpaired) electrons. The predicted octanol–water partition coefficient (Wildman–Crippen LogP) is 4.46. The molecule has 1 N–H and O–H groups in total. The van der Waals surface area contributed by atoms with Gasteiger partial charge in [0.15, 0.2) is 16.7 Å². The van der Waals surface area contributed by atoms with Gasteiger partial charge in [-0.05, 0) is 55.5 Å². The molecule has 0 saturated heterocycles. The second kappa shape index (κ2) is 8.79. The summed E-state index contributed by atoms with van der Waals surface area (Å²) in [6.45, 7) is 1.50. The number of nitrogens with one attached hydrogen (secondary N) is 1. The number of furan rings is 1. The predicted molar refractivity (Wildman–Crippen MR) is 115 cm³/mol. The summed E-state index contributed by atoms with van der Waals surface area (Å²) in [6.07, 6.45) is 1.58. The van der Waals surface area contributed by atoms with Gasteiger partial charge in [0.25, 0.3) is 0 Å². The number of amides is 1. The molecule has 7 nitrogen and oxygen atoms in total. The Hall–Kier alpha value is -3.65. The summed E-state index contributed by atoms with van der Waals surface area (Å²) in [7, 11) is 0. The van der Waals surface area contributed by atoms with Crippen molar-refractivity contribution < 1.29 is 14.0 Å². The number of thioether (sulfide) groups is 1. The van der Waals surface area contributed by atoms with E-state index in [1.165, 1.54) is 18.7 Å². The number of anilines is 1. The highest BCUT2D eigenvalue weighted by Crippen LogP contribution is 2.28. The van der Waals surface area contributed by atoms with Crippen LogP contribution in [0.25, 0.3) is 17.3 Å². The van der Waals surface area contributed by atoms with E-state index in [1.54, 1.807) is 36.6 Å². The van der Waals surface area contributed by atoms with Crippen LogP contribution in [0.5, 0.6) is 0 Å². The molecule has 0 fully saturated rings. The Kier molecular flexibility index (Phi) is 5.76. The number of rotatable bonds is 7. The van der Waals surface area contributed by atoms with E-state index in [-0.39, 0.29) is 17.4 Å². The molecule has 0 aliphatic rings. The maximum Gasteiger partial charge on any atom is 0.234 e. The Labute approximate surface area is 177 Å². The molecule has 1 amide bonds. The van der Waals surface area contributed by atoms with Crippen LogP contribution in [0.3, 0.4) is 0 Å². The first-order chi connectivity index (χ1) is 14.6. The largest absolute Gasteiger partial charge is 0.461 e. The van der Waals surface area contributed by atoms with Gasteiger partial charge in [0.2, 0.25) is 11.7 Å². The van der Waals surface area contributed by atoms with Crippen LogP contribution in [-0.4, -0.2) is 32.2 Å². The molecule has 150 valence electrons. The molecule has 0 aliphatic heterocycles. The SMILES string of the molecule is CC(=O)c1ccc(NC(=O)CSc2nnc(-c3ccco3)n2-c2ccccc2)cc1. The van der Waals surface area contributed by atoms with Crippen molar-refractivity contribution in [3.8, 4) is 17.3 Å². The van der Waals surface area contributed by atoms with Crippen molar-refractivity contribution in [2.45, 2.75) is 12.1 Å². The van der Waals surface area contributed by atoms with Crippen molar-refractivity contribution in [3.05, 3.63) is 78.6 Å². The van der Waals surface area contributed by atoms with Gasteiger partial charge < -0.3 is 9.73 Å². The molecule has 0 spiro atoms. The highest BCUT2D eigenvalue weighted by atomic mass is 32.2. The topological polar surface area (TPSA) is 90.0 Å². The van der Waals surface area contributed by atoms with Crippen LogP contribution in [0.15, 0.2) is 82.6 Å². The lowest BCUT2D eigenvalue weighted by atomic mass is 10.1. The highest BCUT2D eigenvalue weighted by Gasteiger charge is 2.18. The normalized spacial score (nSPS) is 10.7. The molecular weight excluding hydrogens is 400 g/mol. The van der Waals surface area contributed by atoms with Gasteiger partial charge in [0, 0.05) is 16.9 Å². The number of ketones is 1. The Morgan fingerprint density at radius 3 is 2.43 bits per heavy atom. The van der Waals surface area contributed by atoms with Gasteiger partial charge in [-0.2, -0.15) is 0 Å². The van der Waals surface area contributed by atoms with E-state index in [1.807, 2.05) is 41.0 Å². The molecule has 2 aromatic carbocycles. The molecular formula is C22H18N4O3S. The van der Waals surface area contributed by atoms with Gasteiger partial charge in [0.05, 0.1) is 12.0 Å². The maximum absolute atomic E-state index is 12.4. The Morgan fingerprint density at radius 1 is 1.00 bits per heavy atom. The second-order valence-corrected chi connectivity index (χ2v) is 7.37. The molecule has 0 aliphatic carbocycles. The maximum atomic E-state index is 12.4. The molecule has 0 unspecified atom stereocenters. The van der Waals surface area contributed by atoms with E-state index in [9.17, 15) is 9.59 Å². The number of hydrogen-bond acceptors (Lipinski definition) is 6. The fourth-order valence-corrected chi connectivity index (χ4v) is 3.61. The zero-order valence-corrected chi connectivity index (χ0v) is 16.9. The van der Waals surface area contributed by atoms with Gasteiger partial charge in [-0.3, -0.25) is 14.2 Å². The number of nitrogens with zero attached hydrogens (tertiary/aromatic N) is 3. The summed E-state index contributed by atoms with van der Waals surface area (Å²) in [5.74, 6) is 1.10. The minimum atomic E-state index is -0.183. The first-order valence-corrected chi connectivity index (χ1v) is 10.2. The number of aromatic nitrogens is 3. The average molecular weight is 418 g/mol. The van der Waals surface area contributed by atoms with Crippen LogP contribution in [-0.2, 0) is 4.79 Å². The number of hydrogen-bond donors (Lipinski definition) is 1. The lowest BCUT2D eigenvalue weighted by Crippen LogP contribution is -2.14. The number of para-hydroxylation sites is 1. The molecule has 0 saturated carbocycles. The summed E-state index contributed by atoms with van der Waals surface area (Å²) in [6, 6.07) is 20.1. The van der Waals surface area contributed by atoms with Crippen LogP contribution < -0.4 is 5.32 Å². The van der Waals surface area contributed by atoms with Gasteiger partial charge in [0.1, 0.15) is 0 Å². The zero-order valence-electron chi connectivity index (χ0n) is 16.1. The number of carbonyl (C=O) groups is 2. The fourth-order valence-electron chi connectivity index (χ4n) is 2.85. The minimum absolute atomic E-state index is 0.0176. The van der Waals surface area contributed by atoms with E-state index in [0.717, 1.165) is 5.69 Å². The summed E-state index contributed by atoms with van der Waals surface area (Å²) in [5, 5.41) is 11.9. The smallest absolute Gasteiger partial charge is 0.234 e. The van der Waals surface area contributed by atoms with Crippen molar-refractivity contribution in [2.24, 2.45) is 0 Å². The Morgan fingerprint density at radius 2 is 1.77 bits per heavy atom. The number of Topliss-reactive ketones (excluding diaryl/α,β-unsaturated/α-hetero) is 1. The minimum Gasteiger partial charge on any atom is -0.461 e. The zero-order chi connectivity index (χ0) is 20.9. The molecule has 0 atom stereocenters. The Balaban J connectivity index is 1.50. The van der Waals surface area contributed by atoms with Gasteiger partial charge in [-0.25, -0.2) is 0 Å². The standard InChI is InChI=1S/C22H18N4O3S/c1-15(27)16-9-11-17(12-10-16)23-20(28)14-30-22-25-24-21(19-8-5-13-29-19)26(22)18-6-3-2-4-7-18/h2-13H,14H2,1H3,(H,23,28). The van der Waals surface area contributed by atoms with Crippen molar-refractivity contribution in [3.63, 3.8) is 0 Å². The highest BCUT2D eigenvalue weighted by molar-refractivity contribution is 7.99. The summed E-state index contributed by atoms with van der Waals surface area (Å²) in [5.41, 5.74) is 2.10. The van der Waals surface area contributed by atoms with Gasteiger partial charge >= 0.3 is 0 Å². The van der Waals surface area contributed by atoms with E-state index < -0.39 is 0 Å². The average Bonchev–Trinajstić information content (AvgIpc) is 3.43. The molecule has 0 bridgehead atoms. The third-order valence-corrected chi connectivity index (χ3v) is 5.23. The first-order valence-electron chi connectivity index (χ1n) is 9.20. The molecule has 30 heavy (non-hydrogen) atoms. The molecule has 4 aromatic rings. The number of benzene rings is 2. The van der Waals surface area contributed by atoms with Crippen LogP contribution in [0.2, 0.25) is 0 Å². The van der Waals surface area contributed by atoms with E-state index in [2.05, 4.69) is 15.5 Å². The summed E-state index contributed by atoms with van der Waals surface area (Å²) in [4.78, 5) is 23.8. The lowest BCUT2D eigenvalue weighted by Gasteiger charge is -2.09. The van der Waals surface area contributed by atoms with E-state index in [0.29, 0.717) is 28.0 Å². The molecule has 8 heteroatoms. The van der Waals surface area contributed by atoms with E-state index >= 15 is 0 Å². The Bertz CT molecular complexity index is 1150. The van der Waals surface area contributed by atoms with Crippen molar-refractivity contribution >= 4 is 29.1 Å². The van der Waals surface area contributed by atoms with Crippen LogP contribution >= 0.6 is 11.8 Å². The molecule has 4 rings (SSSR count). The fraction of sp³-hybridized carbons (Fsp3) is 0.0909. The summed E-state index contributed by atoms with van der Waals surface area (Å²) >= 11 is 1.28. The van der Waals surface area contributed by atoms with Crippen LogP contribution in [0, 0.1) is 0 Å².